The normalized spacial score (nSPS) is 16.8. The molecule has 0 unspecified atom stereocenters. The van der Waals surface area contributed by atoms with Crippen LogP contribution in [0.1, 0.15) is 58.3 Å². The number of aryl methyl sites for hydroxylation is 3. The molecule has 2 aliphatic carbocycles. The Kier molecular flexibility index (Phi) is 5.25. The quantitative estimate of drug-likeness (QED) is 0.751. The number of nitrogens with zero attached hydrogens (tertiary/aromatic N) is 1. The lowest BCUT2D eigenvalue weighted by Crippen LogP contribution is -2.33. The van der Waals surface area contributed by atoms with Crippen LogP contribution in [0.15, 0.2) is 41.3 Å². The predicted molar refractivity (Wildman–Crippen MR) is 113 cm³/mol. The van der Waals surface area contributed by atoms with Gasteiger partial charge in [0.2, 0.25) is 10.0 Å². The summed E-state index contributed by atoms with van der Waals surface area (Å²) in [5.74, 6) is -0.0587. The summed E-state index contributed by atoms with van der Waals surface area (Å²) in [6.07, 6.45) is 3.89. The fourth-order valence-electron chi connectivity index (χ4n) is 3.90. The highest BCUT2D eigenvalue weighted by Crippen LogP contribution is 2.35. The summed E-state index contributed by atoms with van der Waals surface area (Å²) in [7, 11) is -3.59. The van der Waals surface area contributed by atoms with Gasteiger partial charge in [0.25, 0.3) is 5.91 Å². The maximum atomic E-state index is 13.5. The molecule has 0 aromatic heterocycles. The Morgan fingerprint density at radius 3 is 2.10 bits per heavy atom. The molecule has 2 fully saturated rings. The monoisotopic (exact) mass is 412 g/mol. The standard InChI is InChI=1S/C23H28N2O3S/c1-15-12-16(2)22(17(3)13-15)29(27,28)25(21-10-11-21)14-18-4-6-19(7-5-18)23(26)24-20-8-9-20/h4-7,12-13,20-21H,8-11,14H2,1-3H3,(H,24,26). The summed E-state index contributed by atoms with van der Waals surface area (Å²) in [6.45, 7) is 6.04. The number of rotatable bonds is 7. The maximum absolute atomic E-state index is 13.5. The molecule has 1 N–H and O–H groups in total. The maximum Gasteiger partial charge on any atom is 0.251 e. The predicted octanol–water partition coefficient (Wildman–Crippen LogP) is 3.86. The molecule has 0 aliphatic heterocycles. The van der Waals surface area contributed by atoms with Crippen molar-refractivity contribution in [2.24, 2.45) is 0 Å². The second kappa shape index (κ2) is 7.58. The number of nitrogens with one attached hydrogen (secondary N) is 1. The van der Waals surface area contributed by atoms with Gasteiger partial charge in [-0.15, -0.1) is 0 Å². The Morgan fingerprint density at radius 2 is 1.59 bits per heavy atom. The minimum absolute atomic E-state index is 0.0537. The van der Waals surface area contributed by atoms with E-state index in [4.69, 9.17) is 0 Å². The molecule has 0 spiro atoms. The van der Waals surface area contributed by atoms with Gasteiger partial charge in [-0.2, -0.15) is 4.31 Å². The number of sulfonamides is 1. The first-order chi connectivity index (χ1) is 13.8. The van der Waals surface area contributed by atoms with Crippen molar-refractivity contribution in [2.45, 2.75) is 70.0 Å². The molecule has 154 valence electrons. The number of benzene rings is 2. The number of hydrogen-bond acceptors (Lipinski definition) is 3. The number of carbonyl (C=O) groups excluding carboxylic acids is 1. The first-order valence-corrected chi connectivity index (χ1v) is 11.7. The molecule has 0 heterocycles. The van der Waals surface area contributed by atoms with Gasteiger partial charge < -0.3 is 5.32 Å². The lowest BCUT2D eigenvalue weighted by atomic mass is 10.1. The Labute approximate surface area is 173 Å². The second-order valence-corrected chi connectivity index (χ2v) is 10.3. The average Bonchev–Trinajstić information content (AvgIpc) is 3.53. The van der Waals surface area contributed by atoms with E-state index in [1.54, 1.807) is 16.4 Å². The van der Waals surface area contributed by atoms with E-state index < -0.39 is 10.0 Å². The molecule has 1 amide bonds. The molecule has 2 aromatic rings. The first-order valence-electron chi connectivity index (χ1n) is 10.2. The molecule has 0 atom stereocenters. The van der Waals surface area contributed by atoms with Crippen molar-refractivity contribution in [3.8, 4) is 0 Å². The highest BCUT2D eigenvalue weighted by molar-refractivity contribution is 7.89. The zero-order valence-corrected chi connectivity index (χ0v) is 18.1. The molecule has 29 heavy (non-hydrogen) atoms. The van der Waals surface area contributed by atoms with Crippen LogP contribution in [-0.2, 0) is 16.6 Å². The molecule has 4 rings (SSSR count). The van der Waals surface area contributed by atoms with E-state index in [9.17, 15) is 13.2 Å². The van der Waals surface area contributed by atoms with Crippen LogP contribution in [0.4, 0.5) is 0 Å². The lowest BCUT2D eigenvalue weighted by molar-refractivity contribution is 0.0951. The summed E-state index contributed by atoms with van der Waals surface area (Å²) < 4.78 is 28.7. The van der Waals surface area contributed by atoms with Crippen molar-refractivity contribution in [2.75, 3.05) is 0 Å². The van der Waals surface area contributed by atoms with E-state index in [2.05, 4.69) is 5.32 Å². The number of hydrogen-bond donors (Lipinski definition) is 1. The topological polar surface area (TPSA) is 66.5 Å². The third kappa shape index (κ3) is 4.38. The van der Waals surface area contributed by atoms with Gasteiger partial charge in [0.05, 0.1) is 4.90 Å². The van der Waals surface area contributed by atoms with Gasteiger partial charge in [-0.25, -0.2) is 8.42 Å². The molecule has 2 saturated carbocycles. The SMILES string of the molecule is Cc1cc(C)c(S(=O)(=O)N(Cc2ccc(C(=O)NC3CC3)cc2)C2CC2)c(C)c1. The smallest absolute Gasteiger partial charge is 0.251 e. The van der Waals surface area contributed by atoms with Gasteiger partial charge in [0.1, 0.15) is 0 Å². The van der Waals surface area contributed by atoms with E-state index in [-0.39, 0.29) is 11.9 Å². The number of amides is 1. The Morgan fingerprint density at radius 1 is 1.00 bits per heavy atom. The van der Waals surface area contributed by atoms with Crippen molar-refractivity contribution in [1.82, 2.24) is 9.62 Å². The summed E-state index contributed by atoms with van der Waals surface area (Å²) in [5, 5.41) is 2.98. The van der Waals surface area contributed by atoms with Crippen molar-refractivity contribution in [1.29, 1.82) is 0 Å². The molecule has 0 bridgehead atoms. The van der Waals surface area contributed by atoms with E-state index >= 15 is 0 Å². The molecule has 2 aliphatic rings. The zero-order valence-electron chi connectivity index (χ0n) is 17.2. The minimum Gasteiger partial charge on any atom is -0.349 e. The van der Waals surface area contributed by atoms with Crippen LogP contribution in [0, 0.1) is 20.8 Å². The zero-order chi connectivity index (χ0) is 20.8. The molecule has 2 aromatic carbocycles. The average molecular weight is 413 g/mol. The summed E-state index contributed by atoms with van der Waals surface area (Å²) in [6, 6.07) is 11.5. The second-order valence-electron chi connectivity index (χ2n) is 8.45. The van der Waals surface area contributed by atoms with Crippen LogP contribution in [0.25, 0.3) is 0 Å². The highest BCUT2D eigenvalue weighted by atomic mass is 32.2. The van der Waals surface area contributed by atoms with E-state index in [1.807, 2.05) is 45.0 Å². The van der Waals surface area contributed by atoms with Gasteiger partial charge in [0.15, 0.2) is 0 Å². The lowest BCUT2D eigenvalue weighted by Gasteiger charge is -2.24. The Bertz CT molecular complexity index is 1010. The van der Waals surface area contributed by atoms with Gasteiger partial charge >= 0.3 is 0 Å². The third-order valence-corrected chi connectivity index (χ3v) is 7.80. The van der Waals surface area contributed by atoms with Crippen LogP contribution < -0.4 is 5.32 Å². The fraction of sp³-hybridized carbons (Fsp3) is 0.435. The van der Waals surface area contributed by atoms with Crippen molar-refractivity contribution < 1.29 is 13.2 Å². The van der Waals surface area contributed by atoms with Crippen molar-refractivity contribution in [3.05, 3.63) is 64.2 Å². The van der Waals surface area contributed by atoms with Crippen LogP contribution in [0.5, 0.6) is 0 Å². The van der Waals surface area contributed by atoms with Crippen molar-refractivity contribution in [3.63, 3.8) is 0 Å². The fourth-order valence-corrected chi connectivity index (χ4v) is 5.99. The van der Waals surface area contributed by atoms with E-state index in [0.717, 1.165) is 47.9 Å². The van der Waals surface area contributed by atoms with Gasteiger partial charge in [-0.3, -0.25) is 4.79 Å². The van der Waals surface area contributed by atoms with Gasteiger partial charge in [-0.1, -0.05) is 29.8 Å². The summed E-state index contributed by atoms with van der Waals surface area (Å²) in [4.78, 5) is 12.6. The molecule has 6 heteroatoms. The van der Waals surface area contributed by atoms with Gasteiger partial charge in [-0.05, 0) is 75.3 Å². The molecular weight excluding hydrogens is 384 g/mol. The van der Waals surface area contributed by atoms with E-state index in [1.165, 1.54) is 0 Å². The highest BCUT2D eigenvalue weighted by Gasteiger charge is 2.39. The Hall–Kier alpha value is -2.18. The first kappa shape index (κ1) is 20.1. The Balaban J connectivity index is 1.58. The minimum atomic E-state index is -3.59. The molecular formula is C23H28N2O3S. The largest absolute Gasteiger partial charge is 0.349 e. The summed E-state index contributed by atoms with van der Waals surface area (Å²) in [5.41, 5.74) is 4.16. The third-order valence-electron chi connectivity index (χ3n) is 5.59. The summed E-state index contributed by atoms with van der Waals surface area (Å²) >= 11 is 0. The van der Waals surface area contributed by atoms with Crippen LogP contribution in [-0.4, -0.2) is 30.7 Å². The molecule has 5 nitrogen and oxygen atoms in total. The van der Waals surface area contributed by atoms with Crippen LogP contribution in [0.2, 0.25) is 0 Å². The number of carbonyl (C=O) groups is 1. The van der Waals surface area contributed by atoms with Crippen LogP contribution in [0.3, 0.4) is 0 Å². The van der Waals surface area contributed by atoms with Gasteiger partial charge in [0, 0.05) is 24.2 Å². The van der Waals surface area contributed by atoms with Crippen LogP contribution >= 0.6 is 0 Å². The molecule has 0 saturated heterocycles. The van der Waals surface area contributed by atoms with Crippen molar-refractivity contribution >= 4 is 15.9 Å². The van der Waals surface area contributed by atoms with E-state index in [0.29, 0.717) is 23.0 Å². The molecule has 0 radical (unpaired) electrons.